The first-order valence-electron chi connectivity index (χ1n) is 6.55. The monoisotopic (exact) mass is 297 g/mol. The van der Waals surface area contributed by atoms with Gasteiger partial charge in [0.05, 0.1) is 18.9 Å². The summed E-state index contributed by atoms with van der Waals surface area (Å²) in [5.41, 5.74) is 1.07. The normalized spacial score (nSPS) is 21.2. The van der Waals surface area contributed by atoms with E-state index in [9.17, 15) is 13.2 Å². The predicted octanol–water partition coefficient (Wildman–Crippen LogP) is 1.57. The van der Waals surface area contributed by atoms with Gasteiger partial charge < -0.3 is 4.90 Å². The fourth-order valence-electron chi connectivity index (χ4n) is 2.43. The smallest absolute Gasteiger partial charge is 0.264 e. The van der Waals surface area contributed by atoms with Crippen molar-refractivity contribution in [3.63, 3.8) is 0 Å². The first kappa shape index (κ1) is 15.0. The molecule has 6 heteroatoms. The number of carbonyl (C=O) groups is 1. The number of hydrogen-bond acceptors (Lipinski definition) is 4. The largest absolute Gasteiger partial charge is 0.336 e. The number of benzene rings is 1. The molecule has 0 unspecified atom stereocenters. The van der Waals surface area contributed by atoms with Crippen molar-refractivity contribution in [2.75, 3.05) is 19.4 Å². The molecule has 1 aliphatic rings. The van der Waals surface area contributed by atoms with Crippen molar-refractivity contribution in [3.05, 3.63) is 35.9 Å². The van der Waals surface area contributed by atoms with E-state index in [1.165, 1.54) is 0 Å². The third-order valence-electron chi connectivity index (χ3n) is 3.51. The van der Waals surface area contributed by atoms with Crippen molar-refractivity contribution in [2.45, 2.75) is 19.4 Å². The minimum absolute atomic E-state index is 0.00747. The highest BCUT2D eigenvalue weighted by molar-refractivity contribution is 7.85. The molecule has 0 aliphatic carbocycles. The molecule has 0 spiro atoms. The number of amides is 1. The molecule has 0 radical (unpaired) electrons. The molecule has 0 bridgehead atoms. The zero-order valence-electron chi connectivity index (χ0n) is 11.7. The molecule has 1 amide bonds. The van der Waals surface area contributed by atoms with Crippen molar-refractivity contribution in [2.24, 2.45) is 5.92 Å². The van der Waals surface area contributed by atoms with E-state index in [0.29, 0.717) is 13.0 Å². The van der Waals surface area contributed by atoms with Gasteiger partial charge in [-0.25, -0.2) is 0 Å². The van der Waals surface area contributed by atoms with Crippen LogP contribution in [0.1, 0.15) is 24.9 Å². The van der Waals surface area contributed by atoms with Gasteiger partial charge in [-0.15, -0.1) is 0 Å². The van der Waals surface area contributed by atoms with E-state index >= 15 is 0 Å². The average Bonchev–Trinajstić information content (AvgIpc) is 2.77. The van der Waals surface area contributed by atoms with E-state index in [2.05, 4.69) is 0 Å². The van der Waals surface area contributed by atoms with Gasteiger partial charge in [0, 0.05) is 18.9 Å². The van der Waals surface area contributed by atoms with Crippen molar-refractivity contribution in [1.82, 2.24) is 4.90 Å². The summed E-state index contributed by atoms with van der Waals surface area (Å²) in [6.07, 6.45) is 1.36. The molecule has 0 saturated carbocycles. The van der Waals surface area contributed by atoms with E-state index in [1.807, 2.05) is 37.3 Å². The average molecular weight is 297 g/mol. The molecule has 5 nitrogen and oxygen atoms in total. The van der Waals surface area contributed by atoms with Crippen LogP contribution in [0.2, 0.25) is 0 Å². The molecule has 1 saturated heterocycles. The van der Waals surface area contributed by atoms with Crippen molar-refractivity contribution >= 4 is 16.0 Å². The third-order valence-corrected chi connectivity index (χ3v) is 4.07. The first-order chi connectivity index (χ1) is 9.37. The van der Waals surface area contributed by atoms with E-state index in [0.717, 1.165) is 11.8 Å². The maximum atomic E-state index is 12.0. The van der Waals surface area contributed by atoms with E-state index < -0.39 is 10.1 Å². The van der Waals surface area contributed by atoms with Crippen molar-refractivity contribution in [3.8, 4) is 0 Å². The summed E-state index contributed by atoms with van der Waals surface area (Å²) < 4.78 is 26.8. The molecule has 1 heterocycles. The van der Waals surface area contributed by atoms with Gasteiger partial charge in [-0.2, -0.15) is 8.42 Å². The van der Waals surface area contributed by atoms with Crippen LogP contribution in [-0.4, -0.2) is 38.6 Å². The second kappa shape index (κ2) is 5.93. The summed E-state index contributed by atoms with van der Waals surface area (Å²) >= 11 is 0. The fraction of sp³-hybridized carbons (Fsp3) is 0.500. The van der Waals surface area contributed by atoms with Gasteiger partial charge in [-0.05, 0) is 12.5 Å². The lowest BCUT2D eigenvalue weighted by atomic mass is 10.1. The summed E-state index contributed by atoms with van der Waals surface area (Å²) in [5.74, 6) is -0.0214. The number of rotatable bonds is 5. The van der Waals surface area contributed by atoms with E-state index in [-0.39, 0.29) is 24.5 Å². The minimum atomic E-state index is -3.45. The number of likely N-dealkylation sites (tertiary alicyclic amines) is 1. The Morgan fingerprint density at radius 2 is 2.00 bits per heavy atom. The Hall–Kier alpha value is -1.40. The lowest BCUT2D eigenvalue weighted by Gasteiger charge is -2.25. The Bertz CT molecular complexity index is 570. The topological polar surface area (TPSA) is 63.7 Å². The molecule has 2 atom stereocenters. The Morgan fingerprint density at radius 1 is 1.35 bits per heavy atom. The van der Waals surface area contributed by atoms with Crippen LogP contribution >= 0.6 is 0 Å². The van der Waals surface area contributed by atoms with Crippen LogP contribution in [0.5, 0.6) is 0 Å². The lowest BCUT2D eigenvalue weighted by molar-refractivity contribution is -0.129. The molecular weight excluding hydrogens is 278 g/mol. The summed E-state index contributed by atoms with van der Waals surface area (Å²) in [4.78, 5) is 13.8. The molecule has 1 aliphatic heterocycles. The van der Waals surface area contributed by atoms with Crippen LogP contribution in [0.4, 0.5) is 0 Å². The highest BCUT2D eigenvalue weighted by Crippen LogP contribution is 2.28. The van der Waals surface area contributed by atoms with Gasteiger partial charge in [0.25, 0.3) is 10.1 Å². The van der Waals surface area contributed by atoms with Crippen LogP contribution in [0.3, 0.4) is 0 Å². The maximum Gasteiger partial charge on any atom is 0.264 e. The van der Waals surface area contributed by atoms with Crippen LogP contribution in [0.15, 0.2) is 30.3 Å². The van der Waals surface area contributed by atoms with E-state index in [4.69, 9.17) is 4.18 Å². The van der Waals surface area contributed by atoms with Gasteiger partial charge >= 0.3 is 0 Å². The Kier molecular flexibility index (Phi) is 4.45. The minimum Gasteiger partial charge on any atom is -0.336 e. The molecule has 2 rings (SSSR count). The quantitative estimate of drug-likeness (QED) is 0.774. The zero-order valence-corrected chi connectivity index (χ0v) is 12.5. The molecule has 1 fully saturated rings. The van der Waals surface area contributed by atoms with Gasteiger partial charge in [0.2, 0.25) is 5.91 Å². The fourth-order valence-corrected chi connectivity index (χ4v) is 2.87. The number of hydrogen-bond donors (Lipinski definition) is 0. The van der Waals surface area contributed by atoms with E-state index in [1.54, 1.807) is 4.90 Å². The van der Waals surface area contributed by atoms with Crippen LogP contribution in [0.25, 0.3) is 0 Å². The SMILES string of the molecule is C[C@H](c1ccccc1)N1C[C@H](COS(C)(=O)=O)CC1=O. The first-order valence-corrected chi connectivity index (χ1v) is 8.37. The predicted molar refractivity (Wildman–Crippen MR) is 75.5 cm³/mol. The summed E-state index contributed by atoms with van der Waals surface area (Å²) in [6.45, 7) is 2.58. The third kappa shape index (κ3) is 3.80. The van der Waals surface area contributed by atoms with Gasteiger partial charge in [0.15, 0.2) is 0 Å². The molecule has 1 aromatic rings. The van der Waals surface area contributed by atoms with Crippen LogP contribution < -0.4 is 0 Å². The summed E-state index contributed by atoms with van der Waals surface area (Å²) in [5, 5.41) is 0. The maximum absolute atomic E-state index is 12.0. The van der Waals surface area contributed by atoms with Gasteiger partial charge in [-0.3, -0.25) is 8.98 Å². The van der Waals surface area contributed by atoms with Crippen LogP contribution in [-0.2, 0) is 19.1 Å². The van der Waals surface area contributed by atoms with Gasteiger partial charge in [0.1, 0.15) is 0 Å². The zero-order chi connectivity index (χ0) is 14.8. The molecule has 0 aromatic heterocycles. The summed E-state index contributed by atoms with van der Waals surface area (Å²) in [7, 11) is -3.45. The molecule has 0 N–H and O–H groups in total. The molecule has 1 aromatic carbocycles. The number of nitrogens with zero attached hydrogens (tertiary/aromatic N) is 1. The number of carbonyl (C=O) groups excluding carboxylic acids is 1. The highest BCUT2D eigenvalue weighted by Gasteiger charge is 2.33. The van der Waals surface area contributed by atoms with Crippen molar-refractivity contribution in [1.29, 1.82) is 0 Å². The Morgan fingerprint density at radius 3 is 2.60 bits per heavy atom. The van der Waals surface area contributed by atoms with Crippen molar-refractivity contribution < 1.29 is 17.4 Å². The molecule has 110 valence electrons. The van der Waals surface area contributed by atoms with Crippen LogP contribution in [0, 0.1) is 5.92 Å². The lowest BCUT2D eigenvalue weighted by Crippen LogP contribution is -2.29. The second-order valence-corrected chi connectivity index (χ2v) is 6.84. The Balaban J connectivity index is 1.99. The highest BCUT2D eigenvalue weighted by atomic mass is 32.2. The summed E-state index contributed by atoms with van der Waals surface area (Å²) in [6, 6.07) is 9.78. The standard InChI is InChI=1S/C14H19NO4S/c1-11(13-6-4-3-5-7-13)15-9-12(8-14(15)16)10-19-20(2,17)18/h3-7,11-12H,8-10H2,1-2H3/t11-,12-/m1/s1. The molecule has 20 heavy (non-hydrogen) atoms. The second-order valence-electron chi connectivity index (χ2n) is 5.19. The molecular formula is C14H19NO4S. The van der Waals surface area contributed by atoms with Gasteiger partial charge in [-0.1, -0.05) is 30.3 Å². The Labute approximate surface area is 119 Å².